The Kier molecular flexibility index (Phi) is 12.2. The SMILES string of the molecule is CCCCCC[C@H](C)OC(=O)c1ccc(OC(=O)c2ccc(-c3ccc(OCCOCC(F)(F)F)cc3)cc2)cc1. The second kappa shape index (κ2) is 15.8. The van der Waals surface area contributed by atoms with Gasteiger partial charge in [-0.05, 0) is 79.4 Å². The minimum absolute atomic E-state index is 0.00253. The van der Waals surface area contributed by atoms with E-state index in [9.17, 15) is 22.8 Å². The molecule has 220 valence electrons. The summed E-state index contributed by atoms with van der Waals surface area (Å²) in [6.07, 6.45) is 0.786. The Labute approximate surface area is 238 Å². The second-order valence-corrected chi connectivity index (χ2v) is 9.60. The van der Waals surface area contributed by atoms with E-state index in [2.05, 4.69) is 11.7 Å². The summed E-state index contributed by atoms with van der Waals surface area (Å²) in [6.45, 7) is 2.56. The van der Waals surface area contributed by atoms with Gasteiger partial charge in [-0.1, -0.05) is 50.5 Å². The summed E-state index contributed by atoms with van der Waals surface area (Å²) in [5.74, 6) is -0.136. The van der Waals surface area contributed by atoms with E-state index in [1.165, 1.54) is 6.42 Å². The number of hydrogen-bond acceptors (Lipinski definition) is 6. The Morgan fingerprint density at radius 3 is 1.90 bits per heavy atom. The van der Waals surface area contributed by atoms with Crippen molar-refractivity contribution in [3.05, 3.63) is 83.9 Å². The zero-order valence-electron chi connectivity index (χ0n) is 23.2. The largest absolute Gasteiger partial charge is 0.491 e. The Morgan fingerprint density at radius 2 is 1.29 bits per heavy atom. The lowest BCUT2D eigenvalue weighted by Gasteiger charge is -2.13. The number of carbonyl (C=O) groups excluding carboxylic acids is 2. The van der Waals surface area contributed by atoms with Gasteiger partial charge < -0.3 is 18.9 Å². The van der Waals surface area contributed by atoms with Gasteiger partial charge >= 0.3 is 18.1 Å². The maximum absolute atomic E-state index is 12.6. The maximum atomic E-state index is 12.6. The molecule has 0 aliphatic rings. The number of carbonyl (C=O) groups is 2. The fourth-order valence-corrected chi connectivity index (χ4v) is 3.94. The van der Waals surface area contributed by atoms with Crippen LogP contribution in [0.1, 0.15) is 66.7 Å². The molecule has 0 N–H and O–H groups in total. The molecule has 0 heterocycles. The second-order valence-electron chi connectivity index (χ2n) is 9.60. The fraction of sp³-hybridized carbons (Fsp3) is 0.375. The highest BCUT2D eigenvalue weighted by Gasteiger charge is 2.27. The molecule has 1 atom stereocenters. The molecule has 6 nitrogen and oxygen atoms in total. The van der Waals surface area contributed by atoms with Crippen LogP contribution in [0.25, 0.3) is 11.1 Å². The maximum Gasteiger partial charge on any atom is 0.411 e. The highest BCUT2D eigenvalue weighted by Crippen LogP contribution is 2.24. The monoisotopic (exact) mass is 572 g/mol. The van der Waals surface area contributed by atoms with Gasteiger partial charge in [-0.15, -0.1) is 0 Å². The van der Waals surface area contributed by atoms with E-state index in [1.807, 2.05) is 6.92 Å². The molecule has 3 rings (SSSR count). The van der Waals surface area contributed by atoms with Crippen LogP contribution in [0.15, 0.2) is 72.8 Å². The van der Waals surface area contributed by atoms with Crippen molar-refractivity contribution in [2.24, 2.45) is 0 Å². The van der Waals surface area contributed by atoms with Crippen molar-refractivity contribution in [1.29, 1.82) is 0 Å². The van der Waals surface area contributed by atoms with Crippen molar-refractivity contribution >= 4 is 11.9 Å². The highest BCUT2D eigenvalue weighted by molar-refractivity contribution is 5.92. The van der Waals surface area contributed by atoms with Gasteiger partial charge in [0, 0.05) is 0 Å². The van der Waals surface area contributed by atoms with Gasteiger partial charge in [-0.25, -0.2) is 9.59 Å². The van der Waals surface area contributed by atoms with Crippen LogP contribution in [0.4, 0.5) is 13.2 Å². The first-order valence-electron chi connectivity index (χ1n) is 13.7. The van der Waals surface area contributed by atoms with Gasteiger partial charge in [-0.3, -0.25) is 0 Å². The molecule has 41 heavy (non-hydrogen) atoms. The predicted molar refractivity (Wildman–Crippen MR) is 149 cm³/mol. The fourth-order valence-electron chi connectivity index (χ4n) is 3.94. The van der Waals surface area contributed by atoms with Gasteiger partial charge in [0.25, 0.3) is 0 Å². The Bertz CT molecular complexity index is 1220. The van der Waals surface area contributed by atoms with Crippen LogP contribution < -0.4 is 9.47 Å². The van der Waals surface area contributed by atoms with E-state index in [1.54, 1.807) is 72.8 Å². The summed E-state index contributed by atoms with van der Waals surface area (Å²) in [7, 11) is 0. The number of ether oxygens (including phenoxy) is 4. The molecule has 0 aromatic heterocycles. The number of esters is 2. The van der Waals surface area contributed by atoms with Gasteiger partial charge in [0.2, 0.25) is 0 Å². The molecule has 0 fully saturated rings. The van der Waals surface area contributed by atoms with Crippen LogP contribution in [0, 0.1) is 0 Å². The van der Waals surface area contributed by atoms with Gasteiger partial charge in [0.15, 0.2) is 0 Å². The van der Waals surface area contributed by atoms with Crippen molar-refractivity contribution < 1.29 is 41.7 Å². The van der Waals surface area contributed by atoms with Crippen molar-refractivity contribution in [2.75, 3.05) is 19.8 Å². The third-order valence-electron chi connectivity index (χ3n) is 6.14. The summed E-state index contributed by atoms with van der Waals surface area (Å²) >= 11 is 0. The number of benzene rings is 3. The minimum Gasteiger partial charge on any atom is -0.491 e. The molecule has 0 radical (unpaired) electrons. The molecule has 0 saturated heterocycles. The van der Waals surface area contributed by atoms with Gasteiger partial charge in [-0.2, -0.15) is 13.2 Å². The minimum atomic E-state index is -4.36. The number of halogens is 3. The van der Waals surface area contributed by atoms with Gasteiger partial charge in [0.05, 0.1) is 23.8 Å². The van der Waals surface area contributed by atoms with E-state index in [0.717, 1.165) is 36.8 Å². The lowest BCUT2D eigenvalue weighted by Crippen LogP contribution is -2.19. The summed E-state index contributed by atoms with van der Waals surface area (Å²) in [5, 5.41) is 0. The molecule has 0 unspecified atom stereocenters. The molecule has 0 aliphatic heterocycles. The molecule has 0 amide bonds. The molecule has 3 aromatic rings. The smallest absolute Gasteiger partial charge is 0.411 e. The average molecular weight is 573 g/mol. The Hall–Kier alpha value is -3.85. The van der Waals surface area contributed by atoms with Crippen LogP contribution in [0.5, 0.6) is 11.5 Å². The van der Waals surface area contributed by atoms with Crippen molar-refractivity contribution in [3.8, 4) is 22.6 Å². The third-order valence-corrected chi connectivity index (χ3v) is 6.14. The van der Waals surface area contributed by atoms with Crippen molar-refractivity contribution in [2.45, 2.75) is 58.2 Å². The molecule has 0 bridgehead atoms. The van der Waals surface area contributed by atoms with Gasteiger partial charge in [0.1, 0.15) is 24.7 Å². The zero-order valence-corrected chi connectivity index (χ0v) is 23.2. The molecule has 0 spiro atoms. The molecular formula is C32H35F3O6. The van der Waals surface area contributed by atoms with Crippen LogP contribution in [0.2, 0.25) is 0 Å². The van der Waals surface area contributed by atoms with E-state index in [-0.39, 0.29) is 19.3 Å². The quantitative estimate of drug-likeness (QED) is 0.104. The first kappa shape index (κ1) is 31.7. The van der Waals surface area contributed by atoms with Crippen LogP contribution >= 0.6 is 0 Å². The van der Waals surface area contributed by atoms with Crippen LogP contribution in [-0.4, -0.2) is 44.0 Å². The summed E-state index contributed by atoms with van der Waals surface area (Å²) < 4.78 is 57.1. The van der Waals surface area contributed by atoms with E-state index in [4.69, 9.17) is 14.2 Å². The number of unbranched alkanes of at least 4 members (excludes halogenated alkanes) is 3. The summed E-state index contributed by atoms with van der Waals surface area (Å²) in [6, 6.07) is 20.1. The summed E-state index contributed by atoms with van der Waals surface area (Å²) in [5.41, 5.74) is 2.46. The lowest BCUT2D eigenvalue weighted by atomic mass is 10.0. The molecular weight excluding hydrogens is 537 g/mol. The zero-order chi connectivity index (χ0) is 29.7. The van der Waals surface area contributed by atoms with Crippen LogP contribution in [-0.2, 0) is 9.47 Å². The van der Waals surface area contributed by atoms with E-state index >= 15 is 0 Å². The Morgan fingerprint density at radius 1 is 0.732 bits per heavy atom. The Balaban J connectivity index is 1.46. The first-order valence-corrected chi connectivity index (χ1v) is 13.7. The number of alkyl halides is 3. The lowest BCUT2D eigenvalue weighted by molar-refractivity contribution is -0.175. The molecule has 0 saturated carbocycles. The van der Waals surface area contributed by atoms with Crippen molar-refractivity contribution in [3.63, 3.8) is 0 Å². The molecule has 9 heteroatoms. The number of hydrogen-bond donors (Lipinski definition) is 0. The first-order chi connectivity index (χ1) is 19.6. The average Bonchev–Trinajstić information content (AvgIpc) is 2.95. The molecule has 0 aliphatic carbocycles. The van der Waals surface area contributed by atoms with E-state index < -0.39 is 24.7 Å². The highest BCUT2D eigenvalue weighted by atomic mass is 19.4. The summed E-state index contributed by atoms with van der Waals surface area (Å²) in [4.78, 5) is 25.0. The van der Waals surface area contributed by atoms with Crippen LogP contribution in [0.3, 0.4) is 0 Å². The van der Waals surface area contributed by atoms with Crippen molar-refractivity contribution in [1.82, 2.24) is 0 Å². The standard InChI is InChI=1S/C32H35F3O6/c1-3-4-5-6-7-23(2)40-30(36)27-14-18-29(19-15-27)41-31(37)26-10-8-24(9-11-26)25-12-16-28(17-13-25)39-21-20-38-22-32(33,34)35/h8-19,23H,3-7,20-22H2,1-2H3/t23-/m0/s1. The van der Waals surface area contributed by atoms with E-state index in [0.29, 0.717) is 22.6 Å². The number of rotatable bonds is 15. The topological polar surface area (TPSA) is 71.1 Å². The normalized spacial score (nSPS) is 12.0. The predicted octanol–water partition coefficient (Wildman–Crippen LogP) is 8.05. The molecule has 3 aromatic carbocycles. The third kappa shape index (κ3) is 11.3.